The average Bonchev–Trinajstić information content (AvgIpc) is 1.85. The second-order valence-electron chi connectivity index (χ2n) is 1.79. The molecule has 0 aromatic heterocycles. The van der Waals surface area contributed by atoms with Crippen molar-refractivity contribution < 1.29 is 9.59 Å². The van der Waals surface area contributed by atoms with Crippen LogP contribution < -0.4 is 8.85 Å². The highest BCUT2D eigenvalue weighted by Gasteiger charge is 1.98. The van der Waals surface area contributed by atoms with E-state index in [4.69, 9.17) is 0 Å². The molecule has 4 nitrogen and oxygen atoms in total. The standard InChI is InChI=1S/C5H9IN2O2/c1-4(9)2-7-5(10)3-8-6/h8H,2-3H2,1H3,(H,7,10). The Hall–Kier alpha value is -0.170. The van der Waals surface area contributed by atoms with Gasteiger partial charge in [-0.3, -0.25) is 13.1 Å². The van der Waals surface area contributed by atoms with Crippen molar-refractivity contribution in [1.29, 1.82) is 0 Å². The first kappa shape index (κ1) is 9.83. The van der Waals surface area contributed by atoms with Crippen LogP contribution in [0.2, 0.25) is 0 Å². The van der Waals surface area contributed by atoms with Gasteiger partial charge in [0.05, 0.1) is 13.1 Å². The number of hydrogen-bond acceptors (Lipinski definition) is 3. The SMILES string of the molecule is CC(=O)CNC(=O)CNI. The zero-order valence-corrected chi connectivity index (χ0v) is 7.77. The fourth-order valence-electron chi connectivity index (χ4n) is 0.346. The van der Waals surface area contributed by atoms with Crippen LogP contribution in [0.1, 0.15) is 6.92 Å². The molecule has 0 fully saturated rings. The number of carbonyl (C=O) groups excluding carboxylic acids is 2. The zero-order valence-electron chi connectivity index (χ0n) is 5.61. The van der Waals surface area contributed by atoms with Crippen molar-refractivity contribution in [3.8, 4) is 0 Å². The monoisotopic (exact) mass is 256 g/mol. The van der Waals surface area contributed by atoms with Gasteiger partial charge in [0, 0.05) is 22.9 Å². The minimum absolute atomic E-state index is 0.0400. The highest BCUT2D eigenvalue weighted by atomic mass is 127. The van der Waals surface area contributed by atoms with E-state index >= 15 is 0 Å². The number of nitrogens with one attached hydrogen (secondary N) is 2. The number of amides is 1. The van der Waals surface area contributed by atoms with Crippen molar-refractivity contribution in [3.05, 3.63) is 0 Å². The van der Waals surface area contributed by atoms with Gasteiger partial charge in [-0.15, -0.1) is 0 Å². The molecule has 0 bridgehead atoms. The molecule has 0 aliphatic heterocycles. The lowest BCUT2D eigenvalue weighted by molar-refractivity contribution is -0.123. The lowest BCUT2D eigenvalue weighted by atomic mass is 10.4. The molecule has 5 heteroatoms. The Labute approximate surface area is 73.2 Å². The molecule has 58 valence electrons. The summed E-state index contributed by atoms with van der Waals surface area (Å²) < 4.78 is 2.64. The molecule has 0 spiro atoms. The van der Waals surface area contributed by atoms with Crippen molar-refractivity contribution in [2.75, 3.05) is 13.1 Å². The average molecular weight is 256 g/mol. The number of hydrogen-bond donors (Lipinski definition) is 2. The third-order valence-electron chi connectivity index (χ3n) is 0.762. The highest BCUT2D eigenvalue weighted by molar-refractivity contribution is 14.1. The molecular formula is C5H9IN2O2. The summed E-state index contributed by atoms with van der Waals surface area (Å²) in [6, 6.07) is 0. The summed E-state index contributed by atoms with van der Waals surface area (Å²) in [6.45, 7) is 1.79. The Balaban J connectivity index is 3.30. The van der Waals surface area contributed by atoms with Crippen LogP contribution in [0.15, 0.2) is 0 Å². The second-order valence-corrected chi connectivity index (χ2v) is 2.55. The Morgan fingerprint density at radius 3 is 2.40 bits per heavy atom. The van der Waals surface area contributed by atoms with Gasteiger partial charge >= 0.3 is 0 Å². The molecule has 10 heavy (non-hydrogen) atoms. The normalized spacial score (nSPS) is 9.00. The van der Waals surface area contributed by atoms with Crippen LogP contribution in [0.3, 0.4) is 0 Å². The van der Waals surface area contributed by atoms with Crippen LogP contribution in [-0.4, -0.2) is 24.8 Å². The third kappa shape index (κ3) is 5.96. The Morgan fingerprint density at radius 2 is 2.00 bits per heavy atom. The number of halogens is 1. The minimum Gasteiger partial charge on any atom is -0.348 e. The lowest BCUT2D eigenvalue weighted by Gasteiger charge is -1.99. The van der Waals surface area contributed by atoms with Gasteiger partial charge in [-0.05, 0) is 6.92 Å². The summed E-state index contributed by atoms with van der Waals surface area (Å²) >= 11 is 1.86. The predicted molar refractivity (Wildman–Crippen MR) is 45.7 cm³/mol. The summed E-state index contributed by atoms with van der Waals surface area (Å²) in [6.07, 6.45) is 0. The van der Waals surface area contributed by atoms with Crippen LogP contribution in [0.4, 0.5) is 0 Å². The quantitative estimate of drug-likeness (QED) is 0.533. The van der Waals surface area contributed by atoms with E-state index < -0.39 is 0 Å². The van der Waals surface area contributed by atoms with Crippen LogP contribution >= 0.6 is 22.9 Å². The molecule has 0 aromatic carbocycles. The van der Waals surface area contributed by atoms with E-state index in [2.05, 4.69) is 8.85 Å². The van der Waals surface area contributed by atoms with Gasteiger partial charge in [-0.25, -0.2) is 0 Å². The molecule has 1 amide bonds. The number of carbonyl (C=O) groups is 2. The first-order valence-electron chi connectivity index (χ1n) is 2.76. The zero-order chi connectivity index (χ0) is 7.98. The fourth-order valence-corrected chi connectivity index (χ4v) is 0.693. The number of rotatable bonds is 4. The summed E-state index contributed by atoms with van der Waals surface area (Å²) in [5.41, 5.74) is 0. The first-order chi connectivity index (χ1) is 4.66. The maximum atomic E-state index is 10.6. The molecule has 0 saturated carbocycles. The van der Waals surface area contributed by atoms with Gasteiger partial charge in [0.1, 0.15) is 5.78 Å². The van der Waals surface area contributed by atoms with Crippen molar-refractivity contribution in [2.24, 2.45) is 0 Å². The van der Waals surface area contributed by atoms with Crippen LogP contribution in [0, 0.1) is 0 Å². The Morgan fingerprint density at radius 1 is 1.40 bits per heavy atom. The Kier molecular flexibility index (Phi) is 5.51. The van der Waals surface area contributed by atoms with E-state index in [-0.39, 0.29) is 24.8 Å². The first-order valence-corrected chi connectivity index (χ1v) is 3.84. The Bertz CT molecular complexity index is 138. The third-order valence-corrected chi connectivity index (χ3v) is 1.14. The molecule has 0 saturated heterocycles. The summed E-state index contributed by atoms with van der Waals surface area (Å²) in [7, 11) is 0. The molecular weight excluding hydrogens is 247 g/mol. The van der Waals surface area contributed by atoms with E-state index in [1.54, 1.807) is 0 Å². The van der Waals surface area contributed by atoms with E-state index in [1.165, 1.54) is 6.92 Å². The predicted octanol–water partition coefficient (Wildman–Crippen LogP) is -0.369. The van der Waals surface area contributed by atoms with Gasteiger partial charge in [0.2, 0.25) is 5.91 Å². The molecule has 0 unspecified atom stereocenters. The smallest absolute Gasteiger partial charge is 0.235 e. The van der Waals surface area contributed by atoms with Crippen LogP contribution in [-0.2, 0) is 9.59 Å². The lowest BCUT2D eigenvalue weighted by Crippen LogP contribution is -2.33. The molecule has 0 rings (SSSR count). The summed E-state index contributed by atoms with van der Waals surface area (Å²) in [5, 5.41) is 2.43. The molecule has 0 aliphatic carbocycles. The van der Waals surface area contributed by atoms with Crippen LogP contribution in [0.25, 0.3) is 0 Å². The van der Waals surface area contributed by atoms with Gasteiger partial charge in [-0.2, -0.15) is 0 Å². The van der Waals surface area contributed by atoms with E-state index in [0.717, 1.165) is 0 Å². The van der Waals surface area contributed by atoms with Crippen molar-refractivity contribution in [3.63, 3.8) is 0 Å². The largest absolute Gasteiger partial charge is 0.348 e. The topological polar surface area (TPSA) is 58.2 Å². The molecule has 2 N–H and O–H groups in total. The van der Waals surface area contributed by atoms with Gasteiger partial charge in [-0.1, -0.05) is 0 Å². The number of Topliss-reactive ketones (excluding diaryl/α,β-unsaturated/α-hetero) is 1. The van der Waals surface area contributed by atoms with Gasteiger partial charge in [0.25, 0.3) is 0 Å². The van der Waals surface area contributed by atoms with Gasteiger partial charge in [0.15, 0.2) is 0 Å². The second kappa shape index (κ2) is 5.60. The van der Waals surface area contributed by atoms with E-state index in [9.17, 15) is 9.59 Å². The van der Waals surface area contributed by atoms with Crippen molar-refractivity contribution in [2.45, 2.75) is 6.92 Å². The van der Waals surface area contributed by atoms with Gasteiger partial charge < -0.3 is 5.32 Å². The molecule has 0 atom stereocenters. The summed E-state index contributed by atoms with van der Waals surface area (Å²) in [5.74, 6) is -0.202. The maximum Gasteiger partial charge on any atom is 0.235 e. The maximum absolute atomic E-state index is 10.6. The molecule has 0 heterocycles. The van der Waals surface area contributed by atoms with Crippen molar-refractivity contribution in [1.82, 2.24) is 8.85 Å². The minimum atomic E-state index is -0.162. The van der Waals surface area contributed by atoms with Crippen LogP contribution in [0.5, 0.6) is 0 Å². The fraction of sp³-hybridized carbons (Fsp3) is 0.600. The highest BCUT2D eigenvalue weighted by Crippen LogP contribution is 1.70. The molecule has 0 radical (unpaired) electrons. The van der Waals surface area contributed by atoms with Crippen molar-refractivity contribution >= 4 is 34.6 Å². The summed E-state index contributed by atoms with van der Waals surface area (Å²) in [4.78, 5) is 20.9. The molecule has 0 aliphatic rings. The van der Waals surface area contributed by atoms with E-state index in [0.29, 0.717) is 0 Å². The molecule has 0 aromatic rings. The number of ketones is 1. The van der Waals surface area contributed by atoms with E-state index in [1.807, 2.05) is 22.9 Å².